The first-order valence-corrected chi connectivity index (χ1v) is 5.52. The summed E-state index contributed by atoms with van der Waals surface area (Å²) in [5, 5.41) is 4.17. The van der Waals surface area contributed by atoms with Crippen molar-refractivity contribution in [1.29, 1.82) is 0 Å². The van der Waals surface area contributed by atoms with Crippen molar-refractivity contribution < 1.29 is 9.53 Å². The number of hydrogen-bond acceptors (Lipinski definition) is 3. The highest BCUT2D eigenvalue weighted by Gasteiger charge is 2.19. The van der Waals surface area contributed by atoms with Gasteiger partial charge in [0.25, 0.3) is 5.91 Å². The lowest BCUT2D eigenvalue weighted by Gasteiger charge is -2.12. The number of amides is 1. The van der Waals surface area contributed by atoms with Crippen LogP contribution in [0.5, 0.6) is 5.75 Å². The average Bonchev–Trinajstić information content (AvgIpc) is 2.67. The smallest absolute Gasteiger partial charge is 0.253 e. The molecule has 0 saturated carbocycles. The standard InChI is InChI=1S/C13H15N3O2/c1-8-7-15-16(2)12(8)9-5-4-6-10(18-3)11(9)13(14)17/h4-7H,1-3H3,(H2,14,17). The Morgan fingerprint density at radius 3 is 2.67 bits per heavy atom. The highest BCUT2D eigenvalue weighted by molar-refractivity contribution is 6.02. The highest BCUT2D eigenvalue weighted by Crippen LogP contribution is 2.31. The third-order valence-corrected chi connectivity index (χ3v) is 2.87. The first-order valence-electron chi connectivity index (χ1n) is 5.52. The summed E-state index contributed by atoms with van der Waals surface area (Å²) >= 11 is 0. The molecule has 18 heavy (non-hydrogen) atoms. The van der Waals surface area contributed by atoms with Gasteiger partial charge >= 0.3 is 0 Å². The summed E-state index contributed by atoms with van der Waals surface area (Å²) in [6.45, 7) is 1.94. The van der Waals surface area contributed by atoms with E-state index in [1.54, 1.807) is 16.9 Å². The van der Waals surface area contributed by atoms with E-state index in [0.717, 1.165) is 16.8 Å². The van der Waals surface area contributed by atoms with E-state index in [2.05, 4.69) is 5.10 Å². The topological polar surface area (TPSA) is 70.1 Å². The zero-order valence-corrected chi connectivity index (χ0v) is 10.6. The minimum Gasteiger partial charge on any atom is -0.496 e. The van der Waals surface area contributed by atoms with Gasteiger partial charge in [-0.25, -0.2) is 0 Å². The number of benzene rings is 1. The number of methoxy groups -OCH3 is 1. The average molecular weight is 245 g/mol. The number of rotatable bonds is 3. The Labute approximate surface area is 105 Å². The van der Waals surface area contributed by atoms with Crippen LogP contribution in [0.15, 0.2) is 24.4 Å². The molecule has 1 heterocycles. The van der Waals surface area contributed by atoms with Crippen LogP contribution in [0.3, 0.4) is 0 Å². The summed E-state index contributed by atoms with van der Waals surface area (Å²) in [6, 6.07) is 5.38. The van der Waals surface area contributed by atoms with Gasteiger partial charge in [-0.15, -0.1) is 0 Å². The van der Waals surface area contributed by atoms with Crippen LogP contribution in [-0.2, 0) is 7.05 Å². The molecule has 2 aromatic rings. The number of aromatic nitrogens is 2. The lowest BCUT2D eigenvalue weighted by Crippen LogP contribution is -2.15. The number of carbonyl (C=O) groups excluding carboxylic acids is 1. The second-order valence-corrected chi connectivity index (χ2v) is 4.05. The van der Waals surface area contributed by atoms with Crippen molar-refractivity contribution in [3.63, 3.8) is 0 Å². The fourth-order valence-corrected chi connectivity index (χ4v) is 2.09. The lowest BCUT2D eigenvalue weighted by atomic mass is 10.0. The summed E-state index contributed by atoms with van der Waals surface area (Å²) in [5.41, 5.74) is 8.41. The van der Waals surface area contributed by atoms with E-state index >= 15 is 0 Å². The molecule has 1 aromatic heterocycles. The minimum atomic E-state index is -0.511. The third kappa shape index (κ3) is 1.84. The van der Waals surface area contributed by atoms with E-state index in [1.165, 1.54) is 7.11 Å². The van der Waals surface area contributed by atoms with Gasteiger partial charge in [0, 0.05) is 12.6 Å². The molecule has 0 aliphatic rings. The second kappa shape index (κ2) is 4.52. The molecule has 1 aromatic carbocycles. The summed E-state index contributed by atoms with van der Waals surface area (Å²) in [4.78, 5) is 11.6. The van der Waals surface area contributed by atoms with E-state index in [1.807, 2.05) is 26.1 Å². The van der Waals surface area contributed by atoms with Crippen molar-refractivity contribution in [3.05, 3.63) is 35.5 Å². The molecule has 0 radical (unpaired) electrons. The van der Waals surface area contributed by atoms with Crippen molar-refractivity contribution in [2.75, 3.05) is 7.11 Å². The Morgan fingerprint density at radius 1 is 1.44 bits per heavy atom. The van der Waals surface area contributed by atoms with Crippen molar-refractivity contribution in [1.82, 2.24) is 9.78 Å². The zero-order chi connectivity index (χ0) is 13.3. The molecule has 0 aliphatic carbocycles. The molecular weight excluding hydrogens is 230 g/mol. The summed E-state index contributed by atoms with van der Waals surface area (Å²) in [5.74, 6) is -0.0383. The number of aryl methyl sites for hydroxylation is 2. The molecule has 2 N–H and O–H groups in total. The van der Waals surface area contributed by atoms with Crippen LogP contribution in [0, 0.1) is 6.92 Å². The van der Waals surface area contributed by atoms with Gasteiger partial charge in [-0.1, -0.05) is 12.1 Å². The van der Waals surface area contributed by atoms with Gasteiger partial charge < -0.3 is 10.5 Å². The van der Waals surface area contributed by atoms with Gasteiger partial charge in [0.2, 0.25) is 0 Å². The van der Waals surface area contributed by atoms with Crippen molar-refractivity contribution in [2.45, 2.75) is 6.92 Å². The maximum Gasteiger partial charge on any atom is 0.253 e. The van der Waals surface area contributed by atoms with Crippen LogP contribution in [0.4, 0.5) is 0 Å². The Hall–Kier alpha value is -2.30. The molecule has 1 amide bonds. The van der Waals surface area contributed by atoms with Crippen LogP contribution in [0.1, 0.15) is 15.9 Å². The number of carbonyl (C=O) groups is 1. The maximum atomic E-state index is 11.6. The highest BCUT2D eigenvalue weighted by atomic mass is 16.5. The lowest BCUT2D eigenvalue weighted by molar-refractivity contribution is 0.0998. The van der Waals surface area contributed by atoms with Crippen LogP contribution in [0.2, 0.25) is 0 Å². The predicted molar refractivity (Wildman–Crippen MR) is 68.5 cm³/mol. The van der Waals surface area contributed by atoms with Crippen LogP contribution in [0.25, 0.3) is 11.3 Å². The van der Waals surface area contributed by atoms with Gasteiger partial charge in [0.05, 0.1) is 24.6 Å². The molecule has 5 heteroatoms. The van der Waals surface area contributed by atoms with Crippen molar-refractivity contribution in [3.8, 4) is 17.0 Å². The normalized spacial score (nSPS) is 10.4. The van der Waals surface area contributed by atoms with Crippen LogP contribution >= 0.6 is 0 Å². The van der Waals surface area contributed by atoms with Crippen LogP contribution in [-0.4, -0.2) is 22.8 Å². The van der Waals surface area contributed by atoms with E-state index < -0.39 is 5.91 Å². The number of nitrogens with two attached hydrogens (primary N) is 1. The number of ether oxygens (including phenoxy) is 1. The monoisotopic (exact) mass is 245 g/mol. The molecule has 0 bridgehead atoms. The fraction of sp³-hybridized carbons (Fsp3) is 0.231. The number of primary amides is 1. The van der Waals surface area contributed by atoms with E-state index in [0.29, 0.717) is 11.3 Å². The first-order chi connectivity index (χ1) is 8.56. The quantitative estimate of drug-likeness (QED) is 0.890. The fourth-order valence-electron chi connectivity index (χ4n) is 2.09. The molecule has 2 rings (SSSR count). The SMILES string of the molecule is COc1cccc(-c2c(C)cnn2C)c1C(N)=O. The molecule has 0 aliphatic heterocycles. The largest absolute Gasteiger partial charge is 0.496 e. The van der Waals surface area contributed by atoms with Gasteiger partial charge in [-0.2, -0.15) is 5.10 Å². The Bertz CT molecular complexity index is 583. The van der Waals surface area contributed by atoms with Gasteiger partial charge in [0.15, 0.2) is 0 Å². The van der Waals surface area contributed by atoms with E-state index in [4.69, 9.17) is 10.5 Å². The Balaban J connectivity index is 2.76. The molecule has 0 fully saturated rings. The molecule has 94 valence electrons. The molecule has 5 nitrogen and oxygen atoms in total. The maximum absolute atomic E-state index is 11.6. The molecular formula is C13H15N3O2. The molecule has 0 atom stereocenters. The van der Waals surface area contributed by atoms with E-state index in [-0.39, 0.29) is 0 Å². The molecule has 0 saturated heterocycles. The van der Waals surface area contributed by atoms with Gasteiger partial charge in [0.1, 0.15) is 5.75 Å². The molecule has 0 spiro atoms. The summed E-state index contributed by atoms with van der Waals surface area (Å²) < 4.78 is 6.91. The summed E-state index contributed by atoms with van der Waals surface area (Å²) in [6.07, 6.45) is 1.75. The summed E-state index contributed by atoms with van der Waals surface area (Å²) in [7, 11) is 3.34. The zero-order valence-electron chi connectivity index (χ0n) is 10.6. The van der Waals surface area contributed by atoms with Crippen LogP contribution < -0.4 is 10.5 Å². The second-order valence-electron chi connectivity index (χ2n) is 4.05. The number of nitrogens with zero attached hydrogens (tertiary/aromatic N) is 2. The van der Waals surface area contributed by atoms with Gasteiger partial charge in [-0.05, 0) is 18.6 Å². The third-order valence-electron chi connectivity index (χ3n) is 2.87. The van der Waals surface area contributed by atoms with Gasteiger partial charge in [-0.3, -0.25) is 9.48 Å². The molecule has 0 unspecified atom stereocenters. The Morgan fingerprint density at radius 2 is 2.17 bits per heavy atom. The first kappa shape index (κ1) is 12.2. The van der Waals surface area contributed by atoms with Crippen molar-refractivity contribution >= 4 is 5.91 Å². The Kier molecular flexibility index (Phi) is 3.06. The minimum absolute atomic E-state index is 0.381. The van der Waals surface area contributed by atoms with E-state index in [9.17, 15) is 4.79 Å². The number of hydrogen-bond donors (Lipinski definition) is 1. The predicted octanol–water partition coefficient (Wildman–Crippen LogP) is 1.50. The van der Waals surface area contributed by atoms with Crippen molar-refractivity contribution in [2.24, 2.45) is 12.8 Å².